The Morgan fingerprint density at radius 1 is 1.10 bits per heavy atom. The van der Waals surface area contributed by atoms with E-state index in [1.54, 1.807) is 18.2 Å². The minimum atomic E-state index is -4.43. The molecular weight excluding hydrogens is 275 g/mol. The molecule has 1 radical (unpaired) electrons. The molecule has 21 heavy (non-hydrogen) atoms. The van der Waals surface area contributed by atoms with Gasteiger partial charge in [0.1, 0.15) is 5.69 Å². The number of alkyl halides is 3. The molecule has 0 saturated heterocycles. The predicted molar refractivity (Wildman–Crippen MR) is 76.4 cm³/mol. The van der Waals surface area contributed by atoms with Crippen LogP contribution in [0.3, 0.4) is 0 Å². The van der Waals surface area contributed by atoms with Gasteiger partial charge in [0.2, 0.25) is 0 Å². The van der Waals surface area contributed by atoms with Crippen LogP contribution in [0.15, 0.2) is 60.8 Å². The van der Waals surface area contributed by atoms with Crippen molar-refractivity contribution in [1.82, 2.24) is 4.98 Å². The van der Waals surface area contributed by atoms with E-state index < -0.39 is 11.9 Å². The number of halogens is 3. The SMILES string of the molecule is FC(F)(F)c1nc[c]cc1CC=CC=Cc1ccccc1. The van der Waals surface area contributed by atoms with Crippen molar-refractivity contribution in [3.8, 4) is 0 Å². The van der Waals surface area contributed by atoms with E-state index in [-0.39, 0.29) is 12.0 Å². The van der Waals surface area contributed by atoms with Crippen molar-refractivity contribution in [3.63, 3.8) is 0 Å². The molecule has 0 aliphatic heterocycles. The average Bonchev–Trinajstić information content (AvgIpc) is 2.47. The zero-order chi connectivity index (χ0) is 15.1. The van der Waals surface area contributed by atoms with Crippen LogP contribution in [0, 0.1) is 6.07 Å². The summed E-state index contributed by atoms with van der Waals surface area (Å²) in [5.41, 5.74) is 0.306. The quantitative estimate of drug-likeness (QED) is 0.742. The van der Waals surface area contributed by atoms with Crippen LogP contribution in [0.25, 0.3) is 6.08 Å². The molecule has 107 valence electrons. The van der Waals surface area contributed by atoms with Crippen molar-refractivity contribution < 1.29 is 13.2 Å². The van der Waals surface area contributed by atoms with Gasteiger partial charge in [-0.15, -0.1) is 0 Å². The molecule has 0 aliphatic rings. The van der Waals surface area contributed by atoms with Crippen LogP contribution in [0.4, 0.5) is 13.2 Å². The highest BCUT2D eigenvalue weighted by Crippen LogP contribution is 2.30. The molecule has 0 saturated carbocycles. The molecule has 0 aliphatic carbocycles. The van der Waals surface area contributed by atoms with E-state index >= 15 is 0 Å². The summed E-state index contributed by atoms with van der Waals surface area (Å²) in [5.74, 6) is 0. The Kier molecular flexibility index (Phi) is 4.93. The fourth-order valence-corrected chi connectivity index (χ4v) is 1.81. The summed E-state index contributed by atoms with van der Waals surface area (Å²) in [7, 11) is 0. The van der Waals surface area contributed by atoms with E-state index in [4.69, 9.17) is 0 Å². The van der Waals surface area contributed by atoms with Gasteiger partial charge in [-0.25, -0.2) is 0 Å². The number of nitrogens with zero attached hydrogens (tertiary/aromatic N) is 1. The average molecular weight is 288 g/mol. The van der Waals surface area contributed by atoms with Gasteiger partial charge in [-0.2, -0.15) is 13.2 Å². The summed E-state index contributed by atoms with van der Waals surface area (Å²) < 4.78 is 38.2. The molecule has 0 spiro atoms. The Bertz CT molecular complexity index is 628. The number of aromatic nitrogens is 1. The Balaban J connectivity index is 2.01. The summed E-state index contributed by atoms with van der Waals surface area (Å²) in [4.78, 5) is 3.36. The first kappa shape index (κ1) is 15.0. The molecule has 0 amide bonds. The van der Waals surface area contributed by atoms with Crippen molar-refractivity contribution in [2.24, 2.45) is 0 Å². The van der Waals surface area contributed by atoms with E-state index in [0.717, 1.165) is 11.8 Å². The fraction of sp³-hybridized carbons (Fsp3) is 0.118. The second kappa shape index (κ2) is 6.88. The van der Waals surface area contributed by atoms with Crippen molar-refractivity contribution in [2.45, 2.75) is 12.6 Å². The number of pyridine rings is 1. The van der Waals surface area contributed by atoms with Crippen LogP contribution in [-0.2, 0) is 12.6 Å². The third-order valence-electron chi connectivity index (χ3n) is 2.77. The van der Waals surface area contributed by atoms with Gasteiger partial charge in [-0.05, 0) is 23.6 Å². The topological polar surface area (TPSA) is 12.9 Å². The Hall–Kier alpha value is -2.36. The molecule has 0 bridgehead atoms. The van der Waals surface area contributed by atoms with Crippen molar-refractivity contribution in [1.29, 1.82) is 0 Å². The standard InChI is InChI=1S/C17H13F3N/c18-17(19,20)16-15(12-7-13-21-16)11-6-2-5-10-14-8-3-1-4-9-14/h1-6,8-10,12-13H,11H2. The number of allylic oxidation sites excluding steroid dienone is 3. The maximum absolute atomic E-state index is 12.7. The van der Waals surface area contributed by atoms with E-state index in [1.807, 2.05) is 36.4 Å². The molecular formula is C17H13F3N. The highest BCUT2D eigenvalue weighted by Gasteiger charge is 2.34. The lowest BCUT2D eigenvalue weighted by molar-refractivity contribution is -0.141. The maximum atomic E-state index is 12.7. The van der Waals surface area contributed by atoms with E-state index in [1.165, 1.54) is 6.07 Å². The number of hydrogen-bond acceptors (Lipinski definition) is 1. The molecule has 0 atom stereocenters. The van der Waals surface area contributed by atoms with Crippen molar-refractivity contribution >= 4 is 6.08 Å². The summed E-state index contributed by atoms with van der Waals surface area (Å²) in [6, 6.07) is 13.6. The Morgan fingerprint density at radius 2 is 1.86 bits per heavy atom. The third-order valence-corrected chi connectivity index (χ3v) is 2.77. The molecule has 4 heteroatoms. The van der Waals surface area contributed by atoms with Gasteiger partial charge in [0.25, 0.3) is 0 Å². The normalized spacial score (nSPS) is 12.3. The zero-order valence-electron chi connectivity index (χ0n) is 11.1. The molecule has 2 aromatic rings. The predicted octanol–water partition coefficient (Wildman–Crippen LogP) is 4.71. The maximum Gasteiger partial charge on any atom is 0.433 e. The first-order chi connectivity index (χ1) is 10.1. The van der Waals surface area contributed by atoms with Gasteiger partial charge < -0.3 is 0 Å². The molecule has 0 fully saturated rings. The van der Waals surface area contributed by atoms with Crippen molar-refractivity contribution in [3.05, 3.63) is 83.7 Å². The number of benzene rings is 1. The van der Waals surface area contributed by atoms with Gasteiger partial charge in [0.15, 0.2) is 0 Å². The summed E-state index contributed by atoms with van der Waals surface area (Å²) in [5, 5.41) is 0. The molecule has 1 aromatic heterocycles. The van der Waals surface area contributed by atoms with Crippen LogP contribution >= 0.6 is 0 Å². The van der Waals surface area contributed by atoms with E-state index in [0.29, 0.717) is 0 Å². The fourth-order valence-electron chi connectivity index (χ4n) is 1.81. The van der Waals surface area contributed by atoms with Crippen molar-refractivity contribution in [2.75, 3.05) is 0 Å². The first-order valence-electron chi connectivity index (χ1n) is 6.38. The minimum Gasteiger partial charge on any atom is -0.251 e. The summed E-state index contributed by atoms with van der Waals surface area (Å²) in [6.07, 6.45) is 3.83. The second-order valence-corrected chi connectivity index (χ2v) is 4.34. The Morgan fingerprint density at radius 3 is 2.57 bits per heavy atom. The second-order valence-electron chi connectivity index (χ2n) is 4.34. The van der Waals surface area contributed by atoms with E-state index in [2.05, 4.69) is 11.1 Å². The lowest BCUT2D eigenvalue weighted by Gasteiger charge is -2.09. The van der Waals surface area contributed by atoms with Gasteiger partial charge in [0.05, 0.1) is 0 Å². The van der Waals surface area contributed by atoms with Crippen LogP contribution in [0.1, 0.15) is 16.8 Å². The van der Waals surface area contributed by atoms with Gasteiger partial charge in [0, 0.05) is 12.3 Å². The molecule has 2 rings (SSSR count). The summed E-state index contributed by atoms with van der Waals surface area (Å²) in [6.45, 7) is 0. The van der Waals surface area contributed by atoms with Gasteiger partial charge in [-0.1, -0.05) is 54.6 Å². The van der Waals surface area contributed by atoms with Gasteiger partial charge >= 0.3 is 6.18 Å². The van der Waals surface area contributed by atoms with Crippen LogP contribution in [0.5, 0.6) is 0 Å². The molecule has 1 nitrogen and oxygen atoms in total. The first-order valence-corrected chi connectivity index (χ1v) is 6.38. The lowest BCUT2D eigenvalue weighted by atomic mass is 10.1. The van der Waals surface area contributed by atoms with Crippen LogP contribution in [0.2, 0.25) is 0 Å². The Labute approximate surface area is 121 Å². The van der Waals surface area contributed by atoms with Crippen LogP contribution < -0.4 is 0 Å². The largest absolute Gasteiger partial charge is 0.433 e. The molecule has 0 unspecified atom stereocenters. The zero-order valence-corrected chi connectivity index (χ0v) is 11.1. The monoisotopic (exact) mass is 288 g/mol. The number of rotatable bonds is 4. The highest BCUT2D eigenvalue weighted by atomic mass is 19.4. The molecule has 0 N–H and O–H groups in total. The third kappa shape index (κ3) is 4.60. The lowest BCUT2D eigenvalue weighted by Crippen LogP contribution is -2.11. The van der Waals surface area contributed by atoms with Gasteiger partial charge in [-0.3, -0.25) is 4.98 Å². The van der Waals surface area contributed by atoms with E-state index in [9.17, 15) is 13.2 Å². The molecule has 1 aromatic carbocycles. The van der Waals surface area contributed by atoms with Crippen LogP contribution in [-0.4, -0.2) is 4.98 Å². The highest BCUT2D eigenvalue weighted by molar-refractivity contribution is 5.50. The minimum absolute atomic E-state index is 0.120. The molecule has 1 heterocycles. The number of hydrogen-bond donors (Lipinski definition) is 0. The summed E-state index contributed by atoms with van der Waals surface area (Å²) >= 11 is 0. The smallest absolute Gasteiger partial charge is 0.251 e.